The van der Waals surface area contributed by atoms with E-state index in [0.29, 0.717) is 23.7 Å². The first-order valence-corrected chi connectivity index (χ1v) is 13.1. The third kappa shape index (κ3) is 9.08. The Hall–Kier alpha value is -3.06. The molecule has 0 fully saturated rings. The monoisotopic (exact) mass is 529 g/mol. The van der Waals surface area contributed by atoms with Gasteiger partial charge in [-0.3, -0.25) is 9.59 Å². The van der Waals surface area contributed by atoms with Crippen molar-refractivity contribution in [2.45, 2.75) is 79.4 Å². The highest BCUT2D eigenvalue weighted by Gasteiger charge is 2.33. The molecule has 37 heavy (non-hydrogen) atoms. The maximum Gasteiger partial charge on any atom is 0.408 e. The second-order valence-electron chi connectivity index (χ2n) is 10.3. The molecule has 2 rings (SSSR count). The van der Waals surface area contributed by atoms with Crippen LogP contribution in [0.5, 0.6) is 0 Å². The topological polar surface area (TPSA) is 87.7 Å². The van der Waals surface area contributed by atoms with Gasteiger partial charge in [0.25, 0.3) is 5.91 Å². The van der Waals surface area contributed by atoms with E-state index >= 15 is 0 Å². The van der Waals surface area contributed by atoms with Gasteiger partial charge >= 0.3 is 6.09 Å². The summed E-state index contributed by atoms with van der Waals surface area (Å²) in [4.78, 5) is 41.3. The number of nitrogens with zero attached hydrogens (tertiary/aromatic N) is 1. The fraction of sp³-hybridized carbons (Fsp3) is 0.483. The molecule has 0 heterocycles. The molecule has 7 nitrogen and oxygen atoms in total. The van der Waals surface area contributed by atoms with Gasteiger partial charge < -0.3 is 20.3 Å². The summed E-state index contributed by atoms with van der Waals surface area (Å²) < 4.78 is 5.28. The first-order valence-electron chi connectivity index (χ1n) is 12.7. The Morgan fingerprint density at radius 1 is 1.03 bits per heavy atom. The summed E-state index contributed by atoms with van der Waals surface area (Å²) in [6.45, 7) is 13.1. The van der Waals surface area contributed by atoms with Crippen molar-refractivity contribution in [3.8, 4) is 0 Å². The Morgan fingerprint density at radius 3 is 2.35 bits per heavy atom. The number of ether oxygens (including phenoxy) is 1. The number of alkyl carbamates (subject to hydrolysis) is 1. The zero-order valence-corrected chi connectivity index (χ0v) is 23.8. The average Bonchev–Trinajstić information content (AvgIpc) is 2.80. The number of nitrogens with one attached hydrogen (secondary N) is 2. The van der Waals surface area contributed by atoms with Crippen LogP contribution in [0.15, 0.2) is 36.4 Å². The summed E-state index contributed by atoms with van der Waals surface area (Å²) in [6, 6.07) is 10.3. The number of unbranched alkanes of at least 4 members (excludes halogenated alkanes) is 2. The molecule has 0 aliphatic heterocycles. The van der Waals surface area contributed by atoms with Gasteiger partial charge in [-0.05, 0) is 70.7 Å². The van der Waals surface area contributed by atoms with Crippen LogP contribution in [-0.2, 0) is 14.3 Å². The number of carbonyl (C=O) groups excluding carboxylic acids is 3. The summed E-state index contributed by atoms with van der Waals surface area (Å²) in [6.07, 6.45) is 1.88. The highest BCUT2D eigenvalue weighted by atomic mass is 35.5. The number of hydrogen-bond acceptors (Lipinski definition) is 4. The maximum absolute atomic E-state index is 13.9. The molecule has 0 aliphatic carbocycles. The van der Waals surface area contributed by atoms with E-state index < -0.39 is 17.7 Å². The number of hydrogen-bond donors (Lipinski definition) is 2. The third-order valence-electron chi connectivity index (χ3n) is 5.87. The smallest absolute Gasteiger partial charge is 0.408 e. The van der Waals surface area contributed by atoms with Crippen LogP contribution in [0.1, 0.15) is 75.3 Å². The number of aryl methyl sites for hydroxylation is 3. The van der Waals surface area contributed by atoms with Gasteiger partial charge in [0.15, 0.2) is 0 Å². The lowest BCUT2D eigenvalue weighted by Gasteiger charge is -2.33. The highest BCUT2D eigenvalue weighted by molar-refractivity contribution is 6.34. The Labute approximate surface area is 225 Å². The molecular formula is C29H40ClN3O4. The summed E-state index contributed by atoms with van der Waals surface area (Å²) in [5, 5.41) is 5.93. The summed E-state index contributed by atoms with van der Waals surface area (Å²) >= 11 is 6.41. The molecule has 0 aromatic heterocycles. The molecule has 2 aromatic carbocycles. The molecule has 0 aliphatic rings. The second-order valence-corrected chi connectivity index (χ2v) is 10.7. The van der Waals surface area contributed by atoms with E-state index in [0.717, 1.165) is 35.1 Å². The molecule has 0 saturated heterocycles. The number of halogens is 1. The molecule has 0 radical (unpaired) electrons. The van der Waals surface area contributed by atoms with Crippen molar-refractivity contribution in [2.75, 3.05) is 18.4 Å². The first-order chi connectivity index (χ1) is 17.3. The predicted octanol–water partition coefficient (Wildman–Crippen LogP) is 6.49. The minimum Gasteiger partial charge on any atom is -0.444 e. The molecule has 3 amide bonds. The minimum absolute atomic E-state index is 0.291. The van der Waals surface area contributed by atoms with Gasteiger partial charge in [-0.25, -0.2) is 4.79 Å². The zero-order chi connectivity index (χ0) is 27.8. The average molecular weight is 530 g/mol. The van der Waals surface area contributed by atoms with Crippen molar-refractivity contribution in [1.82, 2.24) is 10.2 Å². The van der Waals surface area contributed by atoms with E-state index in [1.165, 1.54) is 0 Å². The number of anilines is 1. The maximum atomic E-state index is 13.9. The SMILES string of the molecule is CCCCCN(C(=O)CNC(=O)OC(C)(C)C)C(C(=O)Nc1c(C)cccc1Cl)c1cc(C)ccc1C. The lowest BCUT2D eigenvalue weighted by molar-refractivity contribution is -0.138. The van der Waals surface area contributed by atoms with Gasteiger partial charge in [-0.2, -0.15) is 0 Å². The third-order valence-corrected chi connectivity index (χ3v) is 6.18. The standard InChI is InChI=1S/C29H40ClN3O4/c1-8-9-10-16-33(24(34)18-31-28(36)37-29(5,6)7)26(22-17-19(2)14-15-20(22)3)27(35)32-25-21(4)12-11-13-23(25)30/h11-15,17,26H,8-10,16,18H2,1-7H3,(H,31,36)(H,32,35). The highest BCUT2D eigenvalue weighted by Crippen LogP contribution is 2.31. The lowest BCUT2D eigenvalue weighted by Crippen LogP contribution is -2.47. The number of carbonyl (C=O) groups is 3. The van der Waals surface area contributed by atoms with E-state index in [1.54, 1.807) is 31.7 Å². The fourth-order valence-electron chi connectivity index (χ4n) is 3.98. The lowest BCUT2D eigenvalue weighted by atomic mass is 9.96. The quantitative estimate of drug-likeness (QED) is 0.344. The number of para-hydroxylation sites is 1. The van der Waals surface area contributed by atoms with Crippen LogP contribution in [-0.4, -0.2) is 41.5 Å². The van der Waals surface area contributed by atoms with Crippen LogP contribution in [0.2, 0.25) is 5.02 Å². The molecule has 1 atom stereocenters. The van der Waals surface area contributed by atoms with Crippen LogP contribution in [0.4, 0.5) is 10.5 Å². The van der Waals surface area contributed by atoms with Gasteiger partial charge in [0, 0.05) is 6.54 Å². The molecule has 0 bridgehead atoms. The Balaban J connectivity index is 2.47. The molecule has 2 N–H and O–H groups in total. The molecule has 0 saturated carbocycles. The van der Waals surface area contributed by atoms with Crippen molar-refractivity contribution in [1.29, 1.82) is 0 Å². The van der Waals surface area contributed by atoms with Crippen LogP contribution in [0.3, 0.4) is 0 Å². The number of benzene rings is 2. The van der Waals surface area contributed by atoms with Crippen molar-refractivity contribution < 1.29 is 19.1 Å². The Kier molecular flexibility index (Phi) is 11.0. The molecule has 0 spiro atoms. The van der Waals surface area contributed by atoms with Gasteiger partial charge in [-0.1, -0.05) is 67.3 Å². The van der Waals surface area contributed by atoms with Gasteiger partial charge in [0.1, 0.15) is 18.2 Å². The van der Waals surface area contributed by atoms with Gasteiger partial charge in [0.2, 0.25) is 5.91 Å². The Morgan fingerprint density at radius 2 is 1.73 bits per heavy atom. The van der Waals surface area contributed by atoms with Crippen LogP contribution < -0.4 is 10.6 Å². The van der Waals surface area contributed by atoms with Gasteiger partial charge in [0.05, 0.1) is 10.7 Å². The first kappa shape index (κ1) is 30.2. The van der Waals surface area contributed by atoms with E-state index in [-0.39, 0.29) is 18.4 Å². The summed E-state index contributed by atoms with van der Waals surface area (Å²) in [7, 11) is 0. The molecular weight excluding hydrogens is 490 g/mol. The summed E-state index contributed by atoms with van der Waals surface area (Å²) in [5.74, 6) is -0.745. The van der Waals surface area contributed by atoms with E-state index in [1.807, 2.05) is 51.1 Å². The van der Waals surface area contributed by atoms with Crippen LogP contribution >= 0.6 is 11.6 Å². The Bertz CT molecular complexity index is 1090. The van der Waals surface area contributed by atoms with Crippen LogP contribution in [0, 0.1) is 20.8 Å². The largest absolute Gasteiger partial charge is 0.444 e. The minimum atomic E-state index is -0.916. The number of rotatable bonds is 10. The fourth-order valence-corrected chi connectivity index (χ4v) is 4.25. The van der Waals surface area contributed by atoms with Crippen molar-refractivity contribution in [3.05, 3.63) is 63.7 Å². The molecule has 2 aromatic rings. The van der Waals surface area contributed by atoms with Crippen molar-refractivity contribution in [2.24, 2.45) is 0 Å². The van der Waals surface area contributed by atoms with Gasteiger partial charge in [-0.15, -0.1) is 0 Å². The molecule has 202 valence electrons. The molecule has 8 heteroatoms. The summed E-state index contributed by atoms with van der Waals surface area (Å²) in [5.41, 5.74) is 3.22. The van der Waals surface area contributed by atoms with E-state index in [9.17, 15) is 14.4 Å². The normalized spacial score (nSPS) is 12.0. The van der Waals surface area contributed by atoms with E-state index in [4.69, 9.17) is 16.3 Å². The van der Waals surface area contributed by atoms with Crippen molar-refractivity contribution >= 4 is 35.2 Å². The number of amides is 3. The van der Waals surface area contributed by atoms with Crippen molar-refractivity contribution in [3.63, 3.8) is 0 Å². The second kappa shape index (κ2) is 13.5. The van der Waals surface area contributed by atoms with E-state index in [2.05, 4.69) is 17.6 Å². The predicted molar refractivity (Wildman–Crippen MR) is 149 cm³/mol. The molecule has 1 unspecified atom stereocenters. The zero-order valence-electron chi connectivity index (χ0n) is 23.0. The van der Waals surface area contributed by atoms with Crippen LogP contribution in [0.25, 0.3) is 0 Å².